The lowest BCUT2D eigenvalue weighted by Gasteiger charge is -2.41. The number of carbonyl (C=O) groups is 2. The van der Waals surface area contributed by atoms with Crippen LogP contribution in [0.1, 0.15) is 47.7 Å². The van der Waals surface area contributed by atoms with Crippen molar-refractivity contribution in [2.75, 3.05) is 19.0 Å². The topological polar surface area (TPSA) is 58.6 Å². The van der Waals surface area contributed by atoms with Gasteiger partial charge in [0, 0.05) is 6.54 Å². The van der Waals surface area contributed by atoms with E-state index >= 15 is 0 Å². The third-order valence-electron chi connectivity index (χ3n) is 5.73. The van der Waals surface area contributed by atoms with Gasteiger partial charge in [-0.2, -0.15) is 13.2 Å². The molecule has 0 aliphatic carbocycles. The molecule has 1 atom stereocenters. The maximum atomic E-state index is 14.1. The highest BCUT2D eigenvalue weighted by Crippen LogP contribution is 2.30. The summed E-state index contributed by atoms with van der Waals surface area (Å²) in [6.45, 7) is 3.28. The van der Waals surface area contributed by atoms with Gasteiger partial charge in [-0.25, -0.2) is 9.18 Å². The van der Waals surface area contributed by atoms with Gasteiger partial charge in [-0.05, 0) is 50.4 Å². The number of ether oxygens (including phenoxy) is 1. The van der Waals surface area contributed by atoms with E-state index in [1.54, 1.807) is 5.32 Å². The molecular formula is C25H24F4N2O3. The second kappa shape index (κ2) is 10.3. The third-order valence-corrected chi connectivity index (χ3v) is 5.73. The van der Waals surface area contributed by atoms with Crippen molar-refractivity contribution in [2.45, 2.75) is 44.4 Å². The van der Waals surface area contributed by atoms with Crippen molar-refractivity contribution in [1.29, 1.82) is 0 Å². The molecule has 1 N–H and O–H groups in total. The first-order chi connectivity index (χ1) is 16.0. The molecule has 1 aliphatic heterocycles. The number of benzene rings is 2. The van der Waals surface area contributed by atoms with E-state index in [-0.39, 0.29) is 11.1 Å². The van der Waals surface area contributed by atoms with E-state index in [2.05, 4.69) is 21.5 Å². The number of anilines is 1. The molecule has 0 bridgehead atoms. The number of carbonyl (C=O) groups excluding carboxylic acids is 2. The molecule has 1 heterocycles. The van der Waals surface area contributed by atoms with E-state index in [4.69, 9.17) is 0 Å². The van der Waals surface area contributed by atoms with Crippen LogP contribution >= 0.6 is 0 Å². The third kappa shape index (κ3) is 5.94. The van der Waals surface area contributed by atoms with Gasteiger partial charge in [0.1, 0.15) is 5.82 Å². The molecule has 180 valence electrons. The largest absolute Gasteiger partial charge is 0.471 e. The summed E-state index contributed by atoms with van der Waals surface area (Å²) in [4.78, 5) is 26.0. The van der Waals surface area contributed by atoms with Crippen molar-refractivity contribution >= 4 is 17.6 Å². The zero-order chi connectivity index (χ0) is 24.9. The fourth-order valence-electron chi connectivity index (χ4n) is 3.88. The van der Waals surface area contributed by atoms with Crippen molar-refractivity contribution in [2.24, 2.45) is 0 Å². The first-order valence-electron chi connectivity index (χ1n) is 10.7. The minimum absolute atomic E-state index is 0.239. The summed E-state index contributed by atoms with van der Waals surface area (Å²) >= 11 is 0. The molecule has 0 aromatic heterocycles. The number of alkyl halides is 3. The van der Waals surface area contributed by atoms with Crippen LogP contribution in [-0.4, -0.2) is 42.1 Å². The maximum Gasteiger partial charge on any atom is 0.471 e. The monoisotopic (exact) mass is 476 g/mol. The number of methoxy groups -OCH3 is 1. The van der Waals surface area contributed by atoms with Crippen molar-refractivity contribution in [1.82, 2.24) is 4.90 Å². The molecule has 3 rings (SSSR count). The Morgan fingerprint density at radius 1 is 1.18 bits per heavy atom. The summed E-state index contributed by atoms with van der Waals surface area (Å²) in [5.74, 6) is 1.55. The van der Waals surface area contributed by atoms with Crippen LogP contribution in [0.25, 0.3) is 0 Å². The van der Waals surface area contributed by atoms with Gasteiger partial charge < -0.3 is 10.1 Å². The minimum Gasteiger partial charge on any atom is -0.465 e. The van der Waals surface area contributed by atoms with Gasteiger partial charge >= 0.3 is 18.1 Å². The van der Waals surface area contributed by atoms with Crippen LogP contribution < -0.4 is 5.32 Å². The Labute approximate surface area is 195 Å². The van der Waals surface area contributed by atoms with Crippen LogP contribution in [0.3, 0.4) is 0 Å². The zero-order valence-corrected chi connectivity index (χ0v) is 18.8. The Balaban J connectivity index is 2.05. The van der Waals surface area contributed by atoms with Crippen molar-refractivity contribution in [3.8, 4) is 11.8 Å². The Kier molecular flexibility index (Phi) is 7.62. The van der Waals surface area contributed by atoms with Crippen molar-refractivity contribution < 1.29 is 31.9 Å². The lowest BCUT2D eigenvalue weighted by Crippen LogP contribution is -2.48. The van der Waals surface area contributed by atoms with Crippen molar-refractivity contribution in [3.05, 3.63) is 65.0 Å². The zero-order valence-electron chi connectivity index (χ0n) is 18.8. The SMILES string of the molecule is COC(=O)c1cc(F)cc(NC(=O)C(F)(F)F)c1C#C[C@@]1(C)CCCCN1Cc1ccccc1. The summed E-state index contributed by atoms with van der Waals surface area (Å²) in [6.07, 6.45) is -2.67. The van der Waals surface area contributed by atoms with E-state index in [1.165, 1.54) is 0 Å². The quantitative estimate of drug-likeness (QED) is 0.387. The Morgan fingerprint density at radius 2 is 1.88 bits per heavy atom. The molecule has 1 saturated heterocycles. The van der Waals surface area contributed by atoms with Gasteiger partial charge in [0.05, 0.1) is 29.5 Å². The fourth-order valence-corrected chi connectivity index (χ4v) is 3.88. The van der Waals surface area contributed by atoms with Crippen LogP contribution in [0.15, 0.2) is 42.5 Å². The van der Waals surface area contributed by atoms with E-state index < -0.39 is 35.1 Å². The first kappa shape index (κ1) is 25.2. The summed E-state index contributed by atoms with van der Waals surface area (Å²) in [6, 6.07) is 11.3. The maximum absolute atomic E-state index is 14.1. The van der Waals surface area contributed by atoms with Gasteiger partial charge in [0.15, 0.2) is 0 Å². The number of halogens is 4. The second-order valence-electron chi connectivity index (χ2n) is 8.21. The standard InChI is InChI=1S/C25H24F4N2O3/c1-24(11-6-7-13-31(24)16-17-8-4-3-5-9-17)12-10-19-20(22(32)34-2)14-18(26)15-21(19)30-23(33)25(27,28)29/h3-5,8-9,14-15H,6-7,11,13,16H2,1-2H3,(H,30,33)/t24-/m1/s1. The van der Waals surface area contributed by atoms with Crippen LogP contribution in [-0.2, 0) is 16.1 Å². The summed E-state index contributed by atoms with van der Waals surface area (Å²) in [5.41, 5.74) is -0.753. The number of piperidine rings is 1. The fraction of sp³-hybridized carbons (Fsp3) is 0.360. The van der Waals surface area contributed by atoms with Gasteiger partial charge in [-0.3, -0.25) is 9.69 Å². The molecule has 34 heavy (non-hydrogen) atoms. The summed E-state index contributed by atoms with van der Waals surface area (Å²) in [7, 11) is 1.06. The number of likely N-dealkylation sites (tertiary alicyclic amines) is 1. The first-order valence-corrected chi connectivity index (χ1v) is 10.7. The van der Waals surface area contributed by atoms with Crippen LogP contribution in [0.5, 0.6) is 0 Å². The van der Waals surface area contributed by atoms with E-state index in [0.717, 1.165) is 38.1 Å². The van der Waals surface area contributed by atoms with Crippen molar-refractivity contribution in [3.63, 3.8) is 0 Å². The second-order valence-corrected chi connectivity index (χ2v) is 8.21. The average Bonchev–Trinajstić information content (AvgIpc) is 2.79. The molecule has 9 heteroatoms. The highest BCUT2D eigenvalue weighted by molar-refractivity contribution is 6.00. The normalized spacial score (nSPS) is 18.5. The molecule has 0 saturated carbocycles. The van der Waals surface area contributed by atoms with Gasteiger partial charge in [0.2, 0.25) is 0 Å². The highest BCUT2D eigenvalue weighted by Gasteiger charge is 2.39. The number of esters is 1. The molecule has 2 aromatic carbocycles. The molecule has 0 unspecified atom stereocenters. The summed E-state index contributed by atoms with van der Waals surface area (Å²) < 4.78 is 57.3. The molecule has 2 aromatic rings. The van der Waals surface area contributed by atoms with Crippen LogP contribution in [0, 0.1) is 17.7 Å². The van der Waals surface area contributed by atoms with E-state index in [0.29, 0.717) is 19.0 Å². The molecule has 1 aliphatic rings. The lowest BCUT2D eigenvalue weighted by atomic mass is 9.88. The number of nitrogens with zero attached hydrogens (tertiary/aromatic N) is 1. The molecule has 5 nitrogen and oxygen atoms in total. The smallest absolute Gasteiger partial charge is 0.465 e. The molecular weight excluding hydrogens is 452 g/mol. The van der Waals surface area contributed by atoms with Gasteiger partial charge in [0.25, 0.3) is 0 Å². The average molecular weight is 476 g/mol. The van der Waals surface area contributed by atoms with Gasteiger partial charge in [-0.1, -0.05) is 42.2 Å². The minimum atomic E-state index is -5.20. The predicted molar refractivity (Wildman–Crippen MR) is 118 cm³/mol. The number of nitrogens with one attached hydrogen (secondary N) is 1. The molecule has 0 spiro atoms. The highest BCUT2D eigenvalue weighted by atomic mass is 19.4. The van der Waals surface area contributed by atoms with Crippen LogP contribution in [0.2, 0.25) is 0 Å². The number of amides is 1. The Hall–Kier alpha value is -3.38. The Morgan fingerprint density at radius 3 is 2.53 bits per heavy atom. The Bertz CT molecular complexity index is 1120. The van der Waals surface area contributed by atoms with E-state index in [9.17, 15) is 27.2 Å². The number of rotatable bonds is 4. The van der Waals surface area contributed by atoms with Gasteiger partial charge in [-0.15, -0.1) is 0 Å². The molecule has 1 fully saturated rings. The number of hydrogen-bond acceptors (Lipinski definition) is 4. The number of hydrogen-bond donors (Lipinski definition) is 1. The molecule has 1 amide bonds. The van der Waals surface area contributed by atoms with E-state index in [1.807, 2.05) is 37.3 Å². The summed E-state index contributed by atoms with van der Waals surface area (Å²) in [5, 5.41) is 1.63. The molecule has 0 radical (unpaired) electrons. The lowest BCUT2D eigenvalue weighted by molar-refractivity contribution is -0.167. The van der Waals surface area contributed by atoms with Crippen LogP contribution in [0.4, 0.5) is 23.2 Å². The predicted octanol–water partition coefficient (Wildman–Crippen LogP) is 4.91.